The second-order valence-corrected chi connectivity index (χ2v) is 8.29. The molecule has 0 bridgehead atoms. The summed E-state index contributed by atoms with van der Waals surface area (Å²) in [5.41, 5.74) is 5.54. The number of aryl methyl sites for hydroxylation is 1. The van der Waals surface area contributed by atoms with E-state index in [1.54, 1.807) is 19.1 Å². The van der Waals surface area contributed by atoms with Crippen molar-refractivity contribution in [2.75, 3.05) is 20.6 Å². The van der Waals surface area contributed by atoms with Gasteiger partial charge in [0, 0.05) is 29.3 Å². The number of para-hydroxylation sites is 1. The molecule has 0 radical (unpaired) electrons. The van der Waals surface area contributed by atoms with Crippen molar-refractivity contribution in [1.82, 2.24) is 4.98 Å². The number of aliphatic imine (C=N–C) groups is 1. The van der Waals surface area contributed by atoms with Crippen LogP contribution in [0.15, 0.2) is 88.0 Å². The number of azo groups is 1. The van der Waals surface area contributed by atoms with Crippen LogP contribution in [0.5, 0.6) is 0 Å². The summed E-state index contributed by atoms with van der Waals surface area (Å²) in [5, 5.41) is 18.9. The van der Waals surface area contributed by atoms with Crippen LogP contribution in [0, 0.1) is 6.92 Å². The lowest BCUT2D eigenvalue weighted by molar-refractivity contribution is -0.0596. The molecular formula is C28H24N4O4. The number of benzene rings is 3. The second kappa shape index (κ2) is 10.2. The molecule has 3 aromatic carbocycles. The third-order valence-electron chi connectivity index (χ3n) is 6.09. The molecule has 1 aromatic heterocycles. The van der Waals surface area contributed by atoms with E-state index in [-0.39, 0.29) is 12.4 Å². The zero-order valence-electron chi connectivity index (χ0n) is 19.9. The van der Waals surface area contributed by atoms with Gasteiger partial charge in [-0.1, -0.05) is 66.7 Å². The summed E-state index contributed by atoms with van der Waals surface area (Å²) in [7, 11) is 1.53. The van der Waals surface area contributed by atoms with E-state index < -0.39 is 12.1 Å². The standard InChI is InChI=1S/C28H24N4O4/c1-17-24(25(28(33)34)22-9-5-6-10-23(22)31-17)26(36-16-35-2)19-13-11-18(12-14-19)20-7-3-4-8-21(20)27-29-15-30-32-27/h3-14,26H,15-16H2,1-2H3,(H,33,34). The lowest BCUT2D eigenvalue weighted by Gasteiger charge is -2.23. The van der Waals surface area contributed by atoms with Crippen LogP contribution in [0.25, 0.3) is 22.0 Å². The van der Waals surface area contributed by atoms with Crippen LogP contribution in [0.4, 0.5) is 0 Å². The topological polar surface area (TPSA) is 106 Å². The third kappa shape index (κ3) is 4.39. The van der Waals surface area contributed by atoms with Crippen molar-refractivity contribution in [3.8, 4) is 11.1 Å². The van der Waals surface area contributed by atoms with Gasteiger partial charge in [-0.2, -0.15) is 5.11 Å². The average Bonchev–Trinajstić information content (AvgIpc) is 3.44. The van der Waals surface area contributed by atoms with E-state index in [4.69, 9.17) is 9.47 Å². The van der Waals surface area contributed by atoms with Gasteiger partial charge in [0.2, 0.25) is 0 Å². The molecule has 1 aliphatic heterocycles. The maximum Gasteiger partial charge on any atom is 0.336 e. The summed E-state index contributed by atoms with van der Waals surface area (Å²) >= 11 is 0. The average molecular weight is 481 g/mol. The molecule has 0 spiro atoms. The lowest BCUT2D eigenvalue weighted by atomic mass is 9.91. The number of hydrogen-bond acceptors (Lipinski definition) is 7. The number of hydrogen-bond donors (Lipinski definition) is 1. The molecule has 0 fully saturated rings. The number of carboxylic acids is 1. The fourth-order valence-corrected chi connectivity index (χ4v) is 4.52. The Morgan fingerprint density at radius 3 is 2.42 bits per heavy atom. The molecule has 0 saturated heterocycles. The van der Waals surface area contributed by atoms with Gasteiger partial charge in [0.15, 0.2) is 12.5 Å². The van der Waals surface area contributed by atoms with E-state index in [0.717, 1.165) is 22.3 Å². The number of fused-ring (bicyclic) bond motifs is 1. The Morgan fingerprint density at radius 2 is 1.72 bits per heavy atom. The van der Waals surface area contributed by atoms with E-state index in [9.17, 15) is 9.90 Å². The predicted octanol–water partition coefficient (Wildman–Crippen LogP) is 5.79. The molecule has 36 heavy (non-hydrogen) atoms. The van der Waals surface area contributed by atoms with E-state index in [1.807, 2.05) is 60.7 Å². The van der Waals surface area contributed by atoms with Crippen molar-refractivity contribution in [3.05, 3.63) is 101 Å². The molecule has 1 atom stereocenters. The molecular weight excluding hydrogens is 456 g/mol. The first-order valence-corrected chi connectivity index (χ1v) is 11.4. The summed E-state index contributed by atoms with van der Waals surface area (Å²) < 4.78 is 11.2. The Kier molecular flexibility index (Phi) is 6.62. The Balaban J connectivity index is 1.61. The van der Waals surface area contributed by atoms with Crippen LogP contribution in [0.1, 0.15) is 38.8 Å². The van der Waals surface area contributed by atoms with Crippen molar-refractivity contribution >= 4 is 22.7 Å². The molecule has 180 valence electrons. The van der Waals surface area contributed by atoms with Gasteiger partial charge >= 0.3 is 5.97 Å². The molecule has 1 unspecified atom stereocenters. The highest BCUT2D eigenvalue weighted by atomic mass is 16.7. The molecule has 4 aromatic rings. The van der Waals surface area contributed by atoms with E-state index in [2.05, 4.69) is 20.2 Å². The molecule has 8 heteroatoms. The quantitative estimate of drug-likeness (QED) is 0.321. The lowest BCUT2D eigenvalue weighted by Crippen LogP contribution is -2.16. The first-order chi connectivity index (χ1) is 17.6. The van der Waals surface area contributed by atoms with Crippen LogP contribution in [0.2, 0.25) is 0 Å². The summed E-state index contributed by atoms with van der Waals surface area (Å²) in [4.78, 5) is 21.5. The molecule has 0 amide bonds. The number of nitrogens with zero attached hydrogens (tertiary/aromatic N) is 4. The number of amidine groups is 1. The summed E-state index contributed by atoms with van der Waals surface area (Å²) in [6.07, 6.45) is -0.689. The molecule has 2 heterocycles. The highest BCUT2D eigenvalue weighted by Gasteiger charge is 2.27. The summed E-state index contributed by atoms with van der Waals surface area (Å²) in [5.74, 6) is -0.422. The maximum atomic E-state index is 12.5. The number of rotatable bonds is 8. The highest BCUT2D eigenvalue weighted by molar-refractivity contribution is 6.05. The minimum Gasteiger partial charge on any atom is -0.478 e. The van der Waals surface area contributed by atoms with E-state index in [0.29, 0.717) is 34.7 Å². The molecule has 1 N–H and O–H groups in total. The zero-order chi connectivity index (χ0) is 25.1. The molecule has 8 nitrogen and oxygen atoms in total. The Hall–Kier alpha value is -4.27. The molecule has 1 aliphatic rings. The van der Waals surface area contributed by atoms with Crippen LogP contribution < -0.4 is 0 Å². The van der Waals surface area contributed by atoms with Gasteiger partial charge in [-0.25, -0.2) is 9.79 Å². The van der Waals surface area contributed by atoms with Crippen molar-refractivity contribution in [2.24, 2.45) is 15.2 Å². The van der Waals surface area contributed by atoms with E-state index in [1.165, 1.54) is 7.11 Å². The minimum atomic E-state index is -1.03. The fraction of sp³-hybridized carbons (Fsp3) is 0.179. The molecule has 5 rings (SSSR count). The Labute approximate surface area is 208 Å². The van der Waals surface area contributed by atoms with Crippen LogP contribution >= 0.6 is 0 Å². The Bertz CT molecular complexity index is 1500. The number of ether oxygens (including phenoxy) is 2. The number of aromatic carboxylic acids is 1. The van der Waals surface area contributed by atoms with Crippen LogP contribution in [0.3, 0.4) is 0 Å². The normalized spacial score (nSPS) is 13.7. The van der Waals surface area contributed by atoms with Crippen molar-refractivity contribution < 1.29 is 19.4 Å². The number of carbonyl (C=O) groups is 1. The number of carboxylic acid groups (broad SMARTS) is 1. The monoisotopic (exact) mass is 480 g/mol. The SMILES string of the molecule is COCOC(c1ccc(-c2ccccc2C2=NCN=N2)cc1)c1c(C)nc2ccccc2c1C(=O)O. The van der Waals surface area contributed by atoms with Gasteiger partial charge in [0.25, 0.3) is 0 Å². The Morgan fingerprint density at radius 1 is 1.00 bits per heavy atom. The third-order valence-corrected chi connectivity index (χ3v) is 6.09. The van der Waals surface area contributed by atoms with Gasteiger partial charge in [0.1, 0.15) is 12.9 Å². The predicted molar refractivity (Wildman–Crippen MR) is 136 cm³/mol. The summed E-state index contributed by atoms with van der Waals surface area (Å²) in [6.45, 7) is 2.14. The fourth-order valence-electron chi connectivity index (χ4n) is 4.52. The largest absolute Gasteiger partial charge is 0.478 e. The smallest absolute Gasteiger partial charge is 0.336 e. The zero-order valence-corrected chi connectivity index (χ0v) is 19.9. The second-order valence-electron chi connectivity index (χ2n) is 8.29. The molecule has 0 aliphatic carbocycles. The van der Waals surface area contributed by atoms with E-state index >= 15 is 0 Å². The van der Waals surface area contributed by atoms with Gasteiger partial charge in [-0.3, -0.25) is 4.98 Å². The van der Waals surface area contributed by atoms with Crippen LogP contribution in [-0.4, -0.2) is 42.5 Å². The summed E-state index contributed by atoms with van der Waals surface area (Å²) in [6, 6.07) is 23.0. The van der Waals surface area contributed by atoms with Gasteiger partial charge < -0.3 is 14.6 Å². The number of methoxy groups -OCH3 is 1. The van der Waals surface area contributed by atoms with Crippen molar-refractivity contribution in [3.63, 3.8) is 0 Å². The highest BCUT2D eigenvalue weighted by Crippen LogP contribution is 2.36. The van der Waals surface area contributed by atoms with Crippen molar-refractivity contribution in [1.29, 1.82) is 0 Å². The number of aromatic nitrogens is 1. The first kappa shape index (κ1) is 23.5. The van der Waals surface area contributed by atoms with Gasteiger partial charge in [-0.15, -0.1) is 5.11 Å². The van der Waals surface area contributed by atoms with Gasteiger partial charge in [-0.05, 0) is 29.7 Å². The van der Waals surface area contributed by atoms with Gasteiger partial charge in [0.05, 0.1) is 11.1 Å². The maximum absolute atomic E-state index is 12.5. The number of pyridine rings is 1. The van der Waals surface area contributed by atoms with Crippen LogP contribution in [-0.2, 0) is 9.47 Å². The first-order valence-electron chi connectivity index (χ1n) is 11.4. The minimum absolute atomic E-state index is 0.00853. The molecule has 0 saturated carbocycles. The van der Waals surface area contributed by atoms with Crippen molar-refractivity contribution in [2.45, 2.75) is 13.0 Å².